The quantitative estimate of drug-likeness (QED) is 0.0983. The molecule has 2 aliphatic rings. The number of benzene rings is 7. The number of hydrogen-bond donors (Lipinski definition) is 3. The van der Waals surface area contributed by atoms with Crippen molar-refractivity contribution in [1.82, 2.24) is 9.55 Å². The summed E-state index contributed by atoms with van der Waals surface area (Å²) in [5.74, 6) is 0. The van der Waals surface area contributed by atoms with Gasteiger partial charge in [0.1, 0.15) is 0 Å². The van der Waals surface area contributed by atoms with Crippen LogP contribution in [0.15, 0.2) is 165 Å². The van der Waals surface area contributed by atoms with E-state index in [4.69, 9.17) is 11.1 Å². The van der Waals surface area contributed by atoms with E-state index in [9.17, 15) is 0 Å². The summed E-state index contributed by atoms with van der Waals surface area (Å²) in [4.78, 5) is 3.96. The average Bonchev–Trinajstić information content (AvgIpc) is 3.88. The van der Waals surface area contributed by atoms with Gasteiger partial charge in [-0.1, -0.05) is 136 Å². The van der Waals surface area contributed by atoms with Crippen LogP contribution in [0.3, 0.4) is 0 Å². The fourth-order valence-corrected chi connectivity index (χ4v) is 10.5. The minimum atomic E-state index is 0.782. The molecule has 65 heavy (non-hydrogen) atoms. The maximum absolute atomic E-state index is 6.08. The van der Waals surface area contributed by atoms with E-state index < -0.39 is 0 Å². The number of nitrogens with two attached hydrogens (primary N) is 1. The Morgan fingerprint density at radius 1 is 0.677 bits per heavy atom. The first-order chi connectivity index (χ1) is 32.0. The second kappa shape index (κ2) is 18.7. The molecule has 9 aromatic rings. The molecule has 0 spiro atoms. The van der Waals surface area contributed by atoms with Gasteiger partial charge in [-0.15, -0.1) is 0 Å². The van der Waals surface area contributed by atoms with Crippen molar-refractivity contribution >= 4 is 66.7 Å². The zero-order valence-electron chi connectivity index (χ0n) is 38.0. The van der Waals surface area contributed by atoms with E-state index >= 15 is 0 Å². The number of nitrogens with zero attached hydrogens (tertiary/aromatic N) is 1. The lowest BCUT2D eigenvalue weighted by Crippen LogP contribution is -2.15. The lowest BCUT2D eigenvalue weighted by atomic mass is 9.74. The van der Waals surface area contributed by atoms with Gasteiger partial charge in [-0.3, -0.25) is 0 Å². The lowest BCUT2D eigenvalue weighted by molar-refractivity contribution is 0.859. The van der Waals surface area contributed by atoms with Gasteiger partial charge in [0.15, 0.2) is 0 Å². The van der Waals surface area contributed by atoms with Gasteiger partial charge in [0.25, 0.3) is 0 Å². The van der Waals surface area contributed by atoms with Crippen molar-refractivity contribution in [3.05, 3.63) is 198 Å². The molecule has 0 saturated heterocycles. The van der Waals surface area contributed by atoms with Crippen LogP contribution in [0.1, 0.15) is 60.6 Å². The molecule has 0 saturated carbocycles. The van der Waals surface area contributed by atoms with Crippen LogP contribution in [-0.2, 0) is 38.6 Å². The number of aromatic amines is 1. The van der Waals surface area contributed by atoms with Gasteiger partial charge in [-0.25, -0.2) is 0 Å². The predicted octanol–water partition coefficient (Wildman–Crippen LogP) is 15.8. The number of aromatic nitrogens is 2. The van der Waals surface area contributed by atoms with Crippen molar-refractivity contribution in [3.63, 3.8) is 0 Å². The molecule has 0 unspecified atom stereocenters. The van der Waals surface area contributed by atoms with Crippen molar-refractivity contribution in [2.45, 2.75) is 65.8 Å². The van der Waals surface area contributed by atoms with Crippen LogP contribution in [0, 0.1) is 5.41 Å². The van der Waals surface area contributed by atoms with Crippen molar-refractivity contribution in [1.29, 1.82) is 5.41 Å². The van der Waals surface area contributed by atoms with Gasteiger partial charge in [0, 0.05) is 39.1 Å². The van der Waals surface area contributed by atoms with E-state index in [0.717, 1.165) is 45.1 Å². The lowest BCUT2D eigenvalue weighted by Gasteiger charge is -2.31. The predicted molar refractivity (Wildman–Crippen MR) is 283 cm³/mol. The largest absolute Gasteiger partial charge is 0.405 e. The van der Waals surface area contributed by atoms with Crippen molar-refractivity contribution in [3.8, 4) is 33.4 Å². The highest BCUT2D eigenvalue weighted by Gasteiger charge is 2.31. The molecule has 0 fully saturated rings. The molecule has 2 aromatic heterocycles. The van der Waals surface area contributed by atoms with Crippen LogP contribution < -0.4 is 5.73 Å². The summed E-state index contributed by atoms with van der Waals surface area (Å²) in [5.41, 5.74) is 27.8. The zero-order valence-corrected chi connectivity index (χ0v) is 38.0. The van der Waals surface area contributed by atoms with E-state index in [-0.39, 0.29) is 0 Å². The van der Waals surface area contributed by atoms with Crippen LogP contribution in [-0.4, -0.2) is 15.8 Å². The smallest absolute Gasteiger partial charge is 0.0533 e. The normalized spacial score (nSPS) is 12.8. The Balaban J connectivity index is 0.000000715. The highest BCUT2D eigenvalue weighted by molar-refractivity contribution is 6.16. The number of nitrogens with one attached hydrogen (secondary N) is 2. The molecule has 0 atom stereocenters. The summed E-state index contributed by atoms with van der Waals surface area (Å²) >= 11 is 0. The fourth-order valence-electron chi connectivity index (χ4n) is 10.5. The van der Waals surface area contributed by atoms with E-state index in [1.54, 1.807) is 25.3 Å². The zero-order chi connectivity index (χ0) is 45.0. The van der Waals surface area contributed by atoms with E-state index in [2.05, 4.69) is 170 Å². The number of fused-ring (bicyclic) bond motifs is 9. The van der Waals surface area contributed by atoms with Crippen molar-refractivity contribution < 1.29 is 0 Å². The molecule has 322 valence electrons. The van der Waals surface area contributed by atoms with Crippen LogP contribution >= 0.6 is 0 Å². The Bertz CT molecular complexity index is 3390. The van der Waals surface area contributed by atoms with Gasteiger partial charge in [0.05, 0.1) is 11.0 Å². The summed E-state index contributed by atoms with van der Waals surface area (Å²) in [6, 6.07) is 41.5. The summed E-state index contributed by atoms with van der Waals surface area (Å²) in [5, 5.41) is 14.0. The molecule has 0 bridgehead atoms. The molecule has 4 heteroatoms. The van der Waals surface area contributed by atoms with Crippen LogP contribution in [0.5, 0.6) is 0 Å². The molecular weight excluding hydrogens is 789 g/mol. The second-order valence-corrected chi connectivity index (χ2v) is 17.0. The topological polar surface area (TPSA) is 70.6 Å². The fraction of sp³-hybridized carbons (Fsp3) is 0.164. The highest BCUT2D eigenvalue weighted by Crippen LogP contribution is 2.50. The SMILES string of the molecule is C=CC=C.CC/C=C\c1c(CC)cccc1-c1ccc2[nH]c3c4c5c(cc3c2c1)CCc1cc2c3cc(-c6cccc7ccccc67)ccc3n(C/C=C\C=C/N)c2c(c1-5)CC4.CC=N. The molecule has 4 nitrogen and oxygen atoms in total. The Morgan fingerprint density at radius 3 is 2.12 bits per heavy atom. The molecular formula is C61H58N4. The second-order valence-electron chi connectivity index (χ2n) is 17.0. The maximum Gasteiger partial charge on any atom is 0.0533 e. The number of H-pyrrole nitrogens is 1. The van der Waals surface area contributed by atoms with Gasteiger partial charge in [0.2, 0.25) is 0 Å². The third-order valence-corrected chi connectivity index (χ3v) is 13.3. The van der Waals surface area contributed by atoms with Crippen molar-refractivity contribution in [2.75, 3.05) is 0 Å². The van der Waals surface area contributed by atoms with Crippen LogP contribution in [0.4, 0.5) is 0 Å². The first kappa shape index (κ1) is 42.9. The Kier molecular flexibility index (Phi) is 12.3. The minimum absolute atomic E-state index is 0.782. The van der Waals surface area contributed by atoms with E-state index in [1.165, 1.54) is 127 Å². The summed E-state index contributed by atoms with van der Waals surface area (Å²) < 4.78 is 2.56. The van der Waals surface area contributed by atoms with Gasteiger partial charge >= 0.3 is 0 Å². The van der Waals surface area contributed by atoms with Gasteiger partial charge in [-0.2, -0.15) is 0 Å². The average molecular weight is 847 g/mol. The number of rotatable bonds is 9. The molecule has 0 amide bonds. The Hall–Kier alpha value is -7.43. The number of aryl methyl sites for hydroxylation is 5. The molecule has 2 heterocycles. The number of allylic oxidation sites excluding steroid dienone is 6. The molecule has 0 radical (unpaired) electrons. The van der Waals surface area contributed by atoms with Crippen LogP contribution in [0.2, 0.25) is 0 Å². The first-order valence-electron chi connectivity index (χ1n) is 23.2. The third kappa shape index (κ3) is 7.63. The van der Waals surface area contributed by atoms with E-state index in [1.807, 2.05) is 6.08 Å². The van der Waals surface area contributed by atoms with E-state index in [0.29, 0.717) is 0 Å². The van der Waals surface area contributed by atoms with Gasteiger partial charge in [-0.05, 0) is 178 Å². The standard InChI is InChI=1S/C55H47N3.C4H6.C2H5N/c1-3-5-16-40-34(4-2)14-11-18-42(40)36-22-26-50-46(30-36)48-32-38-20-21-39-33-49-47-31-37(43-19-12-15-35-13-7-8-17-41(35)43)23-27-51(47)58(29-10-6-9-28-56)55(49)45-25-24-44(54(48)57-50)52(38)53(39)45;1-3-4-2;1-2-3/h5-19,22-23,26-28,30-33,57H,3-4,20-21,24-25,29,56H2,1-2H3;3-4H,1-2H2;2-3H,1H3/b10-6-,16-5-,28-9-;;. The molecule has 0 aliphatic heterocycles. The van der Waals surface area contributed by atoms with Gasteiger partial charge < -0.3 is 20.7 Å². The molecule has 2 aliphatic carbocycles. The van der Waals surface area contributed by atoms with Crippen molar-refractivity contribution in [2.24, 2.45) is 5.73 Å². The molecule has 7 aromatic carbocycles. The maximum atomic E-state index is 6.08. The first-order valence-corrected chi connectivity index (χ1v) is 23.2. The monoisotopic (exact) mass is 846 g/mol. The summed E-state index contributed by atoms with van der Waals surface area (Å²) in [7, 11) is 0. The van der Waals surface area contributed by atoms with Crippen LogP contribution in [0.25, 0.3) is 93.8 Å². The molecule has 11 rings (SSSR count). The summed E-state index contributed by atoms with van der Waals surface area (Å²) in [6.07, 6.45) is 23.2. The number of hydrogen-bond acceptors (Lipinski definition) is 2. The third-order valence-electron chi connectivity index (χ3n) is 13.3. The minimum Gasteiger partial charge on any atom is -0.405 e. The Morgan fingerprint density at radius 2 is 1.35 bits per heavy atom. The molecule has 4 N–H and O–H groups in total. The Labute approximate surface area is 383 Å². The summed E-state index contributed by atoms with van der Waals surface area (Å²) in [6.45, 7) is 13.6. The highest BCUT2D eigenvalue weighted by atomic mass is 15.0.